The molecule has 31 nitrogen and oxygen atoms in total. The predicted octanol–water partition coefficient (Wildman–Crippen LogP) is -10.7. The number of nitrogens with one attached hydrogen (secondary N) is 3. The summed E-state index contributed by atoms with van der Waals surface area (Å²) in [5.74, 6) is -3.70. The molecule has 1 heterocycles. The van der Waals surface area contributed by atoms with E-state index in [1.807, 2.05) is 0 Å². The molecule has 6 rings (SSSR count). The van der Waals surface area contributed by atoms with Gasteiger partial charge in [0, 0.05) is 22.4 Å². The second kappa shape index (κ2) is 31.2. The number of hydrogen-bond donors (Lipinski definition) is 5. The average Bonchev–Trinajstić information content (AvgIpc) is 3.28. The van der Waals surface area contributed by atoms with Gasteiger partial charge in [-0.05, 0) is 89.8 Å². The molecule has 45 heteroatoms. The van der Waals surface area contributed by atoms with Gasteiger partial charge in [-0.2, -0.15) is 15.0 Å². The molecular weight excluding hydrogens is 1410 g/mol. The van der Waals surface area contributed by atoms with Gasteiger partial charge >= 0.3 is 148 Å². The number of aromatic hydroxyl groups is 1. The van der Waals surface area contributed by atoms with Gasteiger partial charge in [0.15, 0.2) is 15.6 Å². The summed E-state index contributed by atoms with van der Waals surface area (Å²) in [7, 11) is -31.8. The van der Waals surface area contributed by atoms with E-state index in [4.69, 9.17) is 17.3 Å². The van der Waals surface area contributed by atoms with Crippen molar-refractivity contribution in [1.82, 2.24) is 15.0 Å². The molecule has 5 aromatic carbocycles. The summed E-state index contributed by atoms with van der Waals surface area (Å²) in [5.41, 5.74) is 0.568. The number of nitrogens with two attached hydrogens (primary N) is 1. The molecule has 1 aromatic heterocycles. The number of aromatic nitrogens is 3. The summed E-state index contributed by atoms with van der Waals surface area (Å²) in [6.45, 7) is -0.948. The zero-order chi connectivity index (χ0) is 56.5. The number of benzene rings is 5. The third-order valence-corrected chi connectivity index (χ3v) is 17.5. The van der Waals surface area contributed by atoms with Crippen LogP contribution in [0.25, 0.3) is 10.8 Å². The Morgan fingerprint density at radius 2 is 1.06 bits per heavy atom. The summed E-state index contributed by atoms with van der Waals surface area (Å²) < 4.78 is 210. The minimum atomic E-state index is -5.83. The Morgan fingerprint density at radius 3 is 1.53 bits per heavy atom. The predicted molar refractivity (Wildman–Crippen MR) is 264 cm³/mol. The average molecular weight is 1430 g/mol. The Balaban J connectivity index is 0.00000656. The normalized spacial score (nSPS) is 12.5. The molecule has 0 aliphatic heterocycles. The zero-order valence-corrected chi connectivity index (χ0v) is 60.4. The summed E-state index contributed by atoms with van der Waals surface area (Å²) in [5, 5.41) is 31.5. The molecule has 1 atom stereocenters. The number of carbonyl (C=O) groups is 1. The number of sulfone groups is 1. The third kappa shape index (κ3) is 21.1. The fourth-order valence-electron chi connectivity index (χ4n) is 6.19. The summed E-state index contributed by atoms with van der Waals surface area (Å²) in [4.78, 5) is 18.0. The Hall–Kier alpha value is -1.05. The number of anilines is 6. The minimum absolute atomic E-state index is 0. The van der Waals surface area contributed by atoms with Crippen LogP contribution in [0.1, 0.15) is 0 Å². The van der Waals surface area contributed by atoms with Crippen LogP contribution in [0.5, 0.6) is 5.75 Å². The van der Waals surface area contributed by atoms with Crippen molar-refractivity contribution in [2.24, 2.45) is 20.5 Å². The van der Waals surface area contributed by atoms with Crippen molar-refractivity contribution in [2.45, 2.75) is 29.3 Å². The van der Waals surface area contributed by atoms with Gasteiger partial charge in [-0.3, -0.25) is 8.98 Å². The first-order valence-electron chi connectivity index (χ1n) is 19.5. The van der Waals surface area contributed by atoms with E-state index in [9.17, 15) is 83.2 Å². The number of phenols is 1. The monoisotopic (exact) mass is 1430 g/mol. The molecule has 0 aliphatic rings. The Bertz CT molecular complexity index is 4160. The number of alkyl halides is 2. The number of hydrogen-bond acceptors (Lipinski definition) is 30. The van der Waals surface area contributed by atoms with Crippen molar-refractivity contribution in [3.63, 3.8) is 0 Å². The van der Waals surface area contributed by atoms with Gasteiger partial charge in [0.25, 0.3) is 0 Å². The van der Waals surface area contributed by atoms with Crippen molar-refractivity contribution in [3.05, 3.63) is 78.1 Å². The molecule has 0 saturated carbocycles. The van der Waals surface area contributed by atoms with Crippen LogP contribution >= 0.6 is 43.5 Å². The van der Waals surface area contributed by atoms with E-state index in [2.05, 4.69) is 87.4 Å². The van der Waals surface area contributed by atoms with Crippen molar-refractivity contribution in [3.8, 4) is 5.75 Å². The van der Waals surface area contributed by atoms with Gasteiger partial charge in [-0.25, -0.2) is 50.5 Å². The molecule has 406 valence electrons. The van der Waals surface area contributed by atoms with E-state index < -0.39 is 160 Å². The van der Waals surface area contributed by atoms with E-state index in [0.29, 0.717) is 24.3 Å². The number of nitrogens with zero attached hydrogens (tertiary/aromatic N) is 7. The molecule has 6 aromatic rings. The summed E-state index contributed by atoms with van der Waals surface area (Å²) in [6.07, 6.45) is 0. The van der Waals surface area contributed by atoms with E-state index in [-0.39, 0.29) is 181 Å². The van der Waals surface area contributed by atoms with Crippen LogP contribution < -0.4 is 169 Å². The van der Waals surface area contributed by atoms with Crippen LogP contribution in [0.2, 0.25) is 5.28 Å². The minimum Gasteiger partial charge on any atom is -0.744 e. The molecule has 0 saturated heterocycles. The summed E-state index contributed by atoms with van der Waals surface area (Å²) >= 11 is 12.2. The molecular formula is C36H25Br2ClN11Na5O20S6. The van der Waals surface area contributed by atoms with Crippen LogP contribution in [0.3, 0.4) is 0 Å². The Morgan fingerprint density at radius 1 is 0.630 bits per heavy atom. The molecule has 0 fully saturated rings. The largest absolute Gasteiger partial charge is 1.00 e. The molecule has 0 radical (unpaired) electrons. The van der Waals surface area contributed by atoms with Gasteiger partial charge < -0.3 is 49.6 Å². The third-order valence-electron chi connectivity index (χ3n) is 9.43. The molecule has 1 unspecified atom stereocenters. The van der Waals surface area contributed by atoms with Crippen LogP contribution in [-0.4, -0.2) is 122 Å². The van der Waals surface area contributed by atoms with E-state index in [1.54, 1.807) is 0 Å². The Kier molecular flexibility index (Phi) is 30.1. The molecule has 81 heavy (non-hydrogen) atoms. The number of halogens is 3. The van der Waals surface area contributed by atoms with Gasteiger partial charge in [0.2, 0.25) is 33.5 Å². The maximum absolute atomic E-state index is 12.6. The second-order valence-corrected chi connectivity index (χ2v) is 25.2. The van der Waals surface area contributed by atoms with E-state index in [1.165, 1.54) is 12.1 Å². The van der Waals surface area contributed by atoms with Crippen LogP contribution in [-0.2, 0) is 69.7 Å². The maximum Gasteiger partial charge on any atom is 1.00 e. The molecule has 0 aliphatic carbocycles. The topological polar surface area (TPSA) is 517 Å². The van der Waals surface area contributed by atoms with Crippen LogP contribution in [0.15, 0.2) is 118 Å². The number of phenolic OH excluding ortho intramolecular Hbond substituents is 1. The quantitative estimate of drug-likeness (QED) is 0.0118. The second-order valence-electron chi connectivity index (χ2n) is 14.6. The maximum atomic E-state index is 12.6. The Labute approximate surface area is 592 Å². The van der Waals surface area contributed by atoms with Crippen LogP contribution in [0.4, 0.5) is 57.4 Å². The number of amides is 1. The van der Waals surface area contributed by atoms with Gasteiger partial charge in [-0.15, -0.1) is 20.5 Å². The van der Waals surface area contributed by atoms with Gasteiger partial charge in [0.05, 0.1) is 47.9 Å². The van der Waals surface area contributed by atoms with Gasteiger partial charge in [-0.1, -0.05) is 31.9 Å². The zero-order valence-electron chi connectivity index (χ0n) is 41.6. The van der Waals surface area contributed by atoms with Gasteiger partial charge in [0.1, 0.15) is 68.0 Å². The molecule has 6 N–H and O–H groups in total. The van der Waals surface area contributed by atoms with Crippen LogP contribution in [0, 0.1) is 0 Å². The van der Waals surface area contributed by atoms with Crippen molar-refractivity contribution in [1.29, 1.82) is 0 Å². The molecule has 1 amide bonds. The van der Waals surface area contributed by atoms with Crippen molar-refractivity contribution >= 4 is 178 Å². The van der Waals surface area contributed by atoms with Crippen molar-refractivity contribution < 1.29 is 235 Å². The first-order valence-corrected chi connectivity index (χ1v) is 30.6. The molecule has 0 bridgehead atoms. The smallest absolute Gasteiger partial charge is 0.744 e. The number of carbonyl (C=O) groups excluding carboxylic acids is 1. The summed E-state index contributed by atoms with van der Waals surface area (Å²) in [6, 6.07) is 10.3. The number of fused-ring (bicyclic) bond motifs is 1. The SMILES string of the molecule is Nc1c(N=Nc2cc(NC(=O)C(Br)CBr)ccc2S(=O)(=O)[O-])c(S(=O)(=O)[O-])cc2cc(S(=O)(=O)[O-])c(N=Nc3cc(Nc4nc(Cl)nc(Nc5ccc(S(=O)(=O)CCOS(=O)(=O)[O-])cc5)n4)ccc3S(=O)(=O)[O-])c(O)c12.[Na+].[Na+].[Na+].[Na+].[Na+]. The first-order chi connectivity index (χ1) is 35.0. The number of rotatable bonds is 20. The molecule has 0 spiro atoms. The first kappa shape index (κ1) is 78.0. The standard InChI is InChI=1S/C36H30Br2ClN11O20S6.5Na/c37-15-21(38)33(52)41-18-3-7-24(72(55,56)57)22(13-18)47-49-30-26(74(61,62)63)11-16-12-27(75(64,65)66)31(32(51)28(16)29(30)40)50-48-23-14-19(4-8-25(23)73(58,59)60)43-36-45-34(39)44-35(46-36)42-17-1-5-20(6-2-17)71(53,54)10-9-70-76(67,68)69;;;;;/h1-8,11-14,21,51H,9-10,15,40H2,(H,41,52)(H,55,56,57)(H,58,59,60)(H,61,62,63)(H,64,65,66)(H,67,68,69)(H2,42,43,44,45,46);;;;;/q;5*+1/p-5. The fraction of sp³-hybridized carbons (Fsp3) is 0.111. The number of nitrogen functional groups attached to an aromatic ring is 1. The fourth-order valence-corrected chi connectivity index (χ4v) is 10.7. The van der Waals surface area contributed by atoms with Crippen molar-refractivity contribution in [2.75, 3.05) is 39.4 Å². The van der Waals surface area contributed by atoms with E-state index in [0.717, 1.165) is 36.4 Å². The number of azo groups is 2. The van der Waals surface area contributed by atoms with E-state index >= 15 is 0 Å².